The van der Waals surface area contributed by atoms with E-state index in [2.05, 4.69) is 15.9 Å². The van der Waals surface area contributed by atoms with Gasteiger partial charge in [-0.15, -0.1) is 0 Å². The van der Waals surface area contributed by atoms with E-state index in [0.717, 1.165) is 5.56 Å². The van der Waals surface area contributed by atoms with Crippen molar-refractivity contribution >= 4 is 15.9 Å². The third-order valence-corrected chi connectivity index (χ3v) is 4.09. The number of ether oxygens (including phenoxy) is 1. The van der Waals surface area contributed by atoms with E-state index < -0.39 is 17.8 Å². The zero-order chi connectivity index (χ0) is 15.4. The predicted octanol–water partition coefficient (Wildman–Crippen LogP) is 3.37. The molecule has 0 aliphatic carbocycles. The SMILES string of the molecule is COc1ccccc1C(CN)C(O)c1cccc(Br)c1F. The van der Waals surface area contributed by atoms with Crippen molar-refractivity contribution in [1.82, 2.24) is 0 Å². The Morgan fingerprint density at radius 1 is 1.19 bits per heavy atom. The standard InChI is InChI=1S/C16H17BrFNO2/c1-21-14-8-3-2-5-10(14)12(9-19)16(20)11-6-4-7-13(17)15(11)18/h2-8,12,16,20H,9,19H2,1H3. The molecule has 2 atom stereocenters. The van der Waals surface area contributed by atoms with Gasteiger partial charge in [-0.2, -0.15) is 0 Å². The minimum Gasteiger partial charge on any atom is -0.496 e. The maximum absolute atomic E-state index is 14.2. The van der Waals surface area contributed by atoms with Crippen LogP contribution in [0.3, 0.4) is 0 Å². The lowest BCUT2D eigenvalue weighted by Crippen LogP contribution is -2.21. The highest BCUT2D eigenvalue weighted by atomic mass is 79.9. The average Bonchev–Trinajstić information content (AvgIpc) is 2.51. The summed E-state index contributed by atoms with van der Waals surface area (Å²) >= 11 is 3.13. The predicted molar refractivity (Wildman–Crippen MR) is 83.8 cm³/mol. The summed E-state index contributed by atoms with van der Waals surface area (Å²) in [5.74, 6) is -0.300. The molecule has 0 radical (unpaired) electrons. The van der Waals surface area contributed by atoms with E-state index in [-0.39, 0.29) is 12.1 Å². The first-order chi connectivity index (χ1) is 10.1. The molecule has 0 heterocycles. The first-order valence-corrected chi connectivity index (χ1v) is 7.34. The number of para-hydroxylation sites is 1. The van der Waals surface area contributed by atoms with Crippen LogP contribution in [0.2, 0.25) is 0 Å². The van der Waals surface area contributed by atoms with Crippen LogP contribution in [-0.4, -0.2) is 18.8 Å². The van der Waals surface area contributed by atoms with Gasteiger partial charge in [-0.1, -0.05) is 30.3 Å². The van der Waals surface area contributed by atoms with Crippen molar-refractivity contribution in [2.45, 2.75) is 12.0 Å². The maximum Gasteiger partial charge on any atom is 0.143 e. The van der Waals surface area contributed by atoms with Crippen molar-refractivity contribution in [1.29, 1.82) is 0 Å². The van der Waals surface area contributed by atoms with Gasteiger partial charge in [-0.25, -0.2) is 4.39 Å². The lowest BCUT2D eigenvalue weighted by atomic mass is 9.88. The van der Waals surface area contributed by atoms with Crippen molar-refractivity contribution in [2.24, 2.45) is 5.73 Å². The lowest BCUT2D eigenvalue weighted by molar-refractivity contribution is 0.141. The second kappa shape index (κ2) is 7.02. The third-order valence-electron chi connectivity index (χ3n) is 3.47. The van der Waals surface area contributed by atoms with E-state index in [1.54, 1.807) is 31.4 Å². The van der Waals surface area contributed by atoms with Crippen LogP contribution in [0.4, 0.5) is 4.39 Å². The highest BCUT2D eigenvalue weighted by molar-refractivity contribution is 9.10. The van der Waals surface area contributed by atoms with Gasteiger partial charge in [-0.3, -0.25) is 0 Å². The number of hydrogen-bond acceptors (Lipinski definition) is 3. The van der Waals surface area contributed by atoms with Gasteiger partial charge in [0, 0.05) is 23.6 Å². The third kappa shape index (κ3) is 3.26. The van der Waals surface area contributed by atoms with Crippen molar-refractivity contribution < 1.29 is 14.2 Å². The maximum atomic E-state index is 14.2. The molecule has 2 aromatic rings. The Balaban J connectivity index is 2.43. The number of hydrogen-bond donors (Lipinski definition) is 2. The molecule has 2 aromatic carbocycles. The molecule has 0 saturated heterocycles. The molecule has 0 amide bonds. The molecule has 0 spiro atoms. The van der Waals surface area contributed by atoms with Crippen LogP contribution in [0.1, 0.15) is 23.1 Å². The number of aliphatic hydroxyl groups excluding tert-OH is 1. The molecule has 2 unspecified atom stereocenters. The molecule has 0 fully saturated rings. The zero-order valence-corrected chi connectivity index (χ0v) is 13.2. The fraction of sp³-hybridized carbons (Fsp3) is 0.250. The topological polar surface area (TPSA) is 55.5 Å². The Morgan fingerprint density at radius 2 is 1.86 bits per heavy atom. The lowest BCUT2D eigenvalue weighted by Gasteiger charge is -2.24. The summed E-state index contributed by atoms with van der Waals surface area (Å²) in [7, 11) is 1.55. The van der Waals surface area contributed by atoms with E-state index in [1.807, 2.05) is 18.2 Å². The zero-order valence-electron chi connectivity index (χ0n) is 11.6. The molecule has 2 rings (SSSR count). The largest absolute Gasteiger partial charge is 0.496 e. The van der Waals surface area contributed by atoms with Gasteiger partial charge in [-0.05, 0) is 28.1 Å². The van der Waals surface area contributed by atoms with Crippen LogP contribution >= 0.6 is 15.9 Å². The molecule has 21 heavy (non-hydrogen) atoms. The summed E-state index contributed by atoms with van der Waals surface area (Å²) in [6.07, 6.45) is -1.05. The van der Waals surface area contributed by atoms with Crippen LogP contribution in [0, 0.1) is 5.82 Å². The fourth-order valence-corrected chi connectivity index (χ4v) is 2.75. The van der Waals surface area contributed by atoms with E-state index in [4.69, 9.17) is 10.5 Å². The molecule has 3 nitrogen and oxygen atoms in total. The van der Waals surface area contributed by atoms with Gasteiger partial charge < -0.3 is 15.6 Å². The van der Waals surface area contributed by atoms with Gasteiger partial charge in [0.05, 0.1) is 17.7 Å². The van der Waals surface area contributed by atoms with Gasteiger partial charge >= 0.3 is 0 Å². The van der Waals surface area contributed by atoms with Crippen molar-refractivity contribution in [3.63, 3.8) is 0 Å². The summed E-state index contributed by atoms with van der Waals surface area (Å²) in [4.78, 5) is 0. The second-order valence-corrected chi connectivity index (χ2v) is 5.53. The highest BCUT2D eigenvalue weighted by Gasteiger charge is 2.26. The van der Waals surface area contributed by atoms with Crippen molar-refractivity contribution in [2.75, 3.05) is 13.7 Å². The van der Waals surface area contributed by atoms with Crippen LogP contribution in [0.15, 0.2) is 46.9 Å². The highest BCUT2D eigenvalue weighted by Crippen LogP contribution is 2.37. The number of nitrogens with two attached hydrogens (primary N) is 1. The molecule has 0 aliphatic heterocycles. The number of halogens is 2. The molecule has 5 heteroatoms. The van der Waals surface area contributed by atoms with Gasteiger partial charge in [0.25, 0.3) is 0 Å². The molecular weight excluding hydrogens is 337 g/mol. The first kappa shape index (κ1) is 15.9. The second-order valence-electron chi connectivity index (χ2n) is 4.67. The minimum absolute atomic E-state index is 0.174. The van der Waals surface area contributed by atoms with E-state index in [0.29, 0.717) is 10.2 Å². The fourth-order valence-electron chi connectivity index (χ4n) is 2.36. The quantitative estimate of drug-likeness (QED) is 0.866. The summed E-state index contributed by atoms with van der Waals surface area (Å²) in [5, 5.41) is 10.6. The van der Waals surface area contributed by atoms with Crippen molar-refractivity contribution in [3.8, 4) is 5.75 Å². The molecule has 0 aromatic heterocycles. The normalized spacial score (nSPS) is 13.8. The van der Waals surface area contributed by atoms with E-state index in [9.17, 15) is 9.50 Å². The van der Waals surface area contributed by atoms with Crippen LogP contribution in [0.25, 0.3) is 0 Å². The number of aliphatic hydroxyl groups is 1. The van der Waals surface area contributed by atoms with Crippen LogP contribution < -0.4 is 10.5 Å². The Kier molecular flexibility index (Phi) is 5.33. The van der Waals surface area contributed by atoms with Crippen molar-refractivity contribution in [3.05, 3.63) is 63.9 Å². The van der Waals surface area contributed by atoms with E-state index in [1.165, 1.54) is 0 Å². The van der Waals surface area contributed by atoms with Gasteiger partial charge in [0.15, 0.2) is 0 Å². The first-order valence-electron chi connectivity index (χ1n) is 6.55. The van der Waals surface area contributed by atoms with Gasteiger partial charge in [0.1, 0.15) is 11.6 Å². The molecule has 0 aliphatic rings. The molecule has 0 bridgehead atoms. The summed E-state index contributed by atoms with van der Waals surface area (Å²) < 4.78 is 19.8. The Hall–Kier alpha value is -1.43. The summed E-state index contributed by atoms with van der Waals surface area (Å²) in [6.45, 7) is 0.174. The van der Waals surface area contributed by atoms with E-state index >= 15 is 0 Å². The average molecular weight is 354 g/mol. The summed E-state index contributed by atoms with van der Waals surface area (Å²) in [5.41, 5.74) is 6.78. The summed E-state index contributed by atoms with van der Waals surface area (Å²) in [6, 6.07) is 12.1. The number of benzene rings is 2. The molecule has 0 saturated carbocycles. The Bertz CT molecular complexity index is 621. The Morgan fingerprint density at radius 3 is 2.52 bits per heavy atom. The minimum atomic E-state index is -1.05. The Labute approximate surface area is 131 Å². The van der Waals surface area contributed by atoms with Crippen LogP contribution in [-0.2, 0) is 0 Å². The smallest absolute Gasteiger partial charge is 0.143 e. The molecule has 112 valence electrons. The monoisotopic (exact) mass is 353 g/mol. The van der Waals surface area contributed by atoms with Crippen LogP contribution in [0.5, 0.6) is 5.75 Å². The number of methoxy groups -OCH3 is 1. The van der Waals surface area contributed by atoms with Gasteiger partial charge in [0.2, 0.25) is 0 Å². The number of rotatable bonds is 5. The molecule has 3 N–H and O–H groups in total. The molecular formula is C16H17BrFNO2.